The predicted octanol–water partition coefficient (Wildman–Crippen LogP) is 3.78. The second kappa shape index (κ2) is 6.55. The molecular weight excluding hydrogens is 422 g/mol. The van der Waals surface area contributed by atoms with E-state index in [0.717, 1.165) is 4.88 Å². The Kier molecular flexibility index (Phi) is 4.83. The molecule has 2 aromatic rings. The molecule has 2 heterocycles. The van der Waals surface area contributed by atoms with Gasteiger partial charge in [0.05, 0.1) is 10.8 Å². The molecule has 0 bridgehead atoms. The zero-order valence-electron chi connectivity index (χ0n) is 11.9. The lowest BCUT2D eigenvalue weighted by Gasteiger charge is -2.32. The molecule has 1 aromatic heterocycles. The molecule has 4 nitrogen and oxygen atoms in total. The number of hydrogen-bond acceptors (Lipinski definition) is 4. The van der Waals surface area contributed by atoms with Crippen molar-refractivity contribution in [3.05, 3.63) is 55.6 Å². The summed E-state index contributed by atoms with van der Waals surface area (Å²) in [6.07, 6.45) is 0. The van der Waals surface area contributed by atoms with Crippen LogP contribution >= 0.6 is 38.9 Å². The van der Waals surface area contributed by atoms with Crippen LogP contribution in [0.4, 0.5) is 0 Å². The van der Waals surface area contributed by atoms with Gasteiger partial charge in [-0.05, 0) is 45.6 Å². The molecule has 1 fully saturated rings. The molecule has 0 N–H and O–H groups in total. The van der Waals surface area contributed by atoms with Crippen molar-refractivity contribution < 1.29 is 13.2 Å². The number of benzene rings is 1. The number of thiophene rings is 1. The van der Waals surface area contributed by atoms with Crippen molar-refractivity contribution in [2.45, 2.75) is 5.25 Å². The summed E-state index contributed by atoms with van der Waals surface area (Å²) in [6, 6.07) is 8.62. The maximum absolute atomic E-state index is 12.6. The molecule has 122 valence electrons. The van der Waals surface area contributed by atoms with Crippen LogP contribution in [0.5, 0.6) is 0 Å². The fourth-order valence-corrected chi connectivity index (χ4v) is 5.85. The van der Waals surface area contributed by atoms with Gasteiger partial charge >= 0.3 is 0 Å². The van der Waals surface area contributed by atoms with E-state index in [-0.39, 0.29) is 24.7 Å². The fourth-order valence-electron chi connectivity index (χ4n) is 2.52. The molecule has 8 heteroatoms. The van der Waals surface area contributed by atoms with Crippen LogP contribution in [-0.4, -0.2) is 38.1 Å². The third-order valence-corrected chi connectivity index (χ3v) is 8.17. The highest BCUT2D eigenvalue weighted by Crippen LogP contribution is 2.32. The van der Waals surface area contributed by atoms with E-state index in [1.807, 2.05) is 11.4 Å². The Hall–Kier alpha value is -0.890. The van der Waals surface area contributed by atoms with Crippen LogP contribution in [0.15, 0.2) is 40.2 Å². The van der Waals surface area contributed by atoms with Gasteiger partial charge in [-0.2, -0.15) is 0 Å². The number of amides is 1. The standard InChI is InChI=1S/C15H13BrClNO3S2/c16-11-4-3-10(8-12(11)17)15(19)18-5-7-23(20,21)14(9-18)13-2-1-6-22-13/h1-4,6,8,14H,5,7,9H2/t14-/m0/s1. The average molecular weight is 435 g/mol. The summed E-state index contributed by atoms with van der Waals surface area (Å²) in [5.41, 5.74) is 0.461. The van der Waals surface area contributed by atoms with Crippen LogP contribution in [-0.2, 0) is 9.84 Å². The molecule has 0 radical (unpaired) electrons. The summed E-state index contributed by atoms with van der Waals surface area (Å²) < 4.78 is 25.4. The second-order valence-electron chi connectivity index (χ2n) is 5.25. The van der Waals surface area contributed by atoms with E-state index < -0.39 is 15.1 Å². The summed E-state index contributed by atoms with van der Waals surface area (Å²) in [7, 11) is -3.23. The smallest absolute Gasteiger partial charge is 0.253 e. The summed E-state index contributed by atoms with van der Waals surface area (Å²) in [6.45, 7) is 0.381. The lowest BCUT2D eigenvalue weighted by molar-refractivity contribution is 0.0758. The van der Waals surface area contributed by atoms with Crippen LogP contribution in [0.1, 0.15) is 20.5 Å². The van der Waals surface area contributed by atoms with E-state index in [2.05, 4.69) is 15.9 Å². The van der Waals surface area contributed by atoms with Gasteiger partial charge in [-0.25, -0.2) is 8.42 Å². The first-order valence-corrected chi connectivity index (χ1v) is 10.6. The number of carbonyl (C=O) groups excluding carboxylic acids is 1. The van der Waals surface area contributed by atoms with Gasteiger partial charge < -0.3 is 4.90 Å². The van der Waals surface area contributed by atoms with Crippen molar-refractivity contribution in [3.63, 3.8) is 0 Å². The van der Waals surface area contributed by atoms with E-state index >= 15 is 0 Å². The molecular formula is C15H13BrClNO3S2. The van der Waals surface area contributed by atoms with E-state index in [4.69, 9.17) is 11.6 Å². The van der Waals surface area contributed by atoms with Crippen molar-refractivity contribution in [3.8, 4) is 0 Å². The maximum atomic E-state index is 12.6. The number of nitrogens with zero attached hydrogens (tertiary/aromatic N) is 1. The monoisotopic (exact) mass is 433 g/mol. The highest BCUT2D eigenvalue weighted by molar-refractivity contribution is 9.10. The molecule has 1 aliphatic rings. The summed E-state index contributed by atoms with van der Waals surface area (Å²) in [5, 5.41) is 1.65. The molecule has 1 aromatic carbocycles. The first-order chi connectivity index (χ1) is 10.9. The Bertz CT molecular complexity index is 836. The van der Waals surface area contributed by atoms with E-state index in [0.29, 0.717) is 15.1 Å². The molecule has 0 spiro atoms. The van der Waals surface area contributed by atoms with Crippen molar-refractivity contribution in [2.24, 2.45) is 0 Å². The zero-order chi connectivity index (χ0) is 16.6. The Morgan fingerprint density at radius 2 is 2.13 bits per heavy atom. The molecule has 1 amide bonds. The van der Waals surface area contributed by atoms with Gasteiger partial charge in [0.2, 0.25) is 0 Å². The number of carbonyl (C=O) groups is 1. The average Bonchev–Trinajstić information content (AvgIpc) is 3.03. The van der Waals surface area contributed by atoms with Crippen LogP contribution in [0.3, 0.4) is 0 Å². The van der Waals surface area contributed by atoms with Gasteiger partial charge in [-0.15, -0.1) is 11.3 Å². The Morgan fingerprint density at radius 1 is 1.35 bits per heavy atom. The predicted molar refractivity (Wildman–Crippen MR) is 95.9 cm³/mol. The van der Waals surface area contributed by atoms with Crippen LogP contribution in [0.25, 0.3) is 0 Å². The SMILES string of the molecule is O=C(c1ccc(Br)c(Cl)c1)N1CCS(=O)(=O)[C@H](c2cccs2)C1. The van der Waals surface area contributed by atoms with Crippen molar-refractivity contribution in [1.82, 2.24) is 4.90 Å². The minimum Gasteiger partial charge on any atom is -0.336 e. The largest absolute Gasteiger partial charge is 0.336 e. The second-order valence-corrected chi connectivity index (χ2v) is 9.79. The topological polar surface area (TPSA) is 54.5 Å². The molecule has 3 rings (SSSR count). The highest BCUT2D eigenvalue weighted by Gasteiger charge is 2.36. The molecule has 0 aliphatic carbocycles. The highest BCUT2D eigenvalue weighted by atomic mass is 79.9. The number of halogens is 2. The Morgan fingerprint density at radius 3 is 2.78 bits per heavy atom. The maximum Gasteiger partial charge on any atom is 0.253 e. The Balaban J connectivity index is 1.86. The van der Waals surface area contributed by atoms with Gasteiger partial charge in [-0.1, -0.05) is 17.7 Å². The van der Waals surface area contributed by atoms with E-state index in [1.165, 1.54) is 11.3 Å². The molecule has 0 unspecified atom stereocenters. The normalized spacial score (nSPS) is 20.4. The van der Waals surface area contributed by atoms with Crippen LogP contribution in [0, 0.1) is 0 Å². The van der Waals surface area contributed by atoms with Crippen LogP contribution in [0.2, 0.25) is 5.02 Å². The van der Waals surface area contributed by atoms with E-state index in [9.17, 15) is 13.2 Å². The van der Waals surface area contributed by atoms with Gasteiger partial charge in [0.25, 0.3) is 5.91 Å². The lowest BCUT2D eigenvalue weighted by Crippen LogP contribution is -2.45. The summed E-state index contributed by atoms with van der Waals surface area (Å²) in [4.78, 5) is 15.0. The summed E-state index contributed by atoms with van der Waals surface area (Å²) in [5.74, 6) is -0.221. The quantitative estimate of drug-likeness (QED) is 0.723. The van der Waals surface area contributed by atoms with Crippen molar-refractivity contribution >= 4 is 54.6 Å². The van der Waals surface area contributed by atoms with Gasteiger partial charge in [0, 0.05) is 28.0 Å². The first-order valence-electron chi connectivity index (χ1n) is 6.88. The zero-order valence-corrected chi connectivity index (χ0v) is 15.9. The first kappa shape index (κ1) is 17.0. The van der Waals surface area contributed by atoms with Gasteiger partial charge in [0.15, 0.2) is 9.84 Å². The molecule has 23 heavy (non-hydrogen) atoms. The number of rotatable bonds is 2. The minimum absolute atomic E-state index is 0.0223. The third-order valence-electron chi connectivity index (χ3n) is 3.78. The van der Waals surface area contributed by atoms with Crippen molar-refractivity contribution in [1.29, 1.82) is 0 Å². The molecule has 0 saturated carbocycles. The van der Waals surface area contributed by atoms with Gasteiger partial charge in [0.1, 0.15) is 5.25 Å². The molecule has 1 atom stereocenters. The Labute approximate surface area is 152 Å². The summed E-state index contributed by atoms with van der Waals surface area (Å²) >= 11 is 10.7. The molecule has 1 aliphatic heterocycles. The van der Waals surface area contributed by atoms with Crippen molar-refractivity contribution in [2.75, 3.05) is 18.8 Å². The van der Waals surface area contributed by atoms with Crippen LogP contribution < -0.4 is 0 Å². The minimum atomic E-state index is -3.23. The number of hydrogen-bond donors (Lipinski definition) is 0. The third kappa shape index (κ3) is 3.47. The fraction of sp³-hybridized carbons (Fsp3) is 0.267. The molecule has 1 saturated heterocycles. The van der Waals surface area contributed by atoms with E-state index in [1.54, 1.807) is 29.2 Å². The van der Waals surface area contributed by atoms with Gasteiger partial charge in [-0.3, -0.25) is 4.79 Å². The number of sulfone groups is 1. The lowest BCUT2D eigenvalue weighted by atomic mass is 10.2.